The molecule has 1 fully saturated rings. The van der Waals surface area contributed by atoms with Gasteiger partial charge < -0.3 is 15.2 Å². The molecule has 2 N–H and O–H groups in total. The first-order chi connectivity index (χ1) is 9.15. The third-order valence-electron chi connectivity index (χ3n) is 3.21. The van der Waals surface area contributed by atoms with E-state index in [1.165, 1.54) is 12.1 Å². The van der Waals surface area contributed by atoms with Crippen LogP contribution in [0.15, 0.2) is 24.3 Å². The monoisotopic (exact) mass is 263 g/mol. The van der Waals surface area contributed by atoms with Crippen molar-refractivity contribution in [1.29, 1.82) is 0 Å². The highest BCUT2D eigenvalue weighted by Crippen LogP contribution is 2.19. The number of carboxylic acid groups (broad SMARTS) is 1. The summed E-state index contributed by atoms with van der Waals surface area (Å²) >= 11 is 0. The lowest BCUT2D eigenvalue weighted by Gasteiger charge is -2.21. The van der Waals surface area contributed by atoms with Gasteiger partial charge in [0.15, 0.2) is 0 Å². The van der Waals surface area contributed by atoms with Gasteiger partial charge in [0.2, 0.25) is 5.91 Å². The predicted octanol–water partition coefficient (Wildman–Crippen LogP) is 2.14. The van der Waals surface area contributed by atoms with Crippen molar-refractivity contribution in [3.05, 3.63) is 29.8 Å². The van der Waals surface area contributed by atoms with Gasteiger partial charge in [0.05, 0.1) is 5.56 Å². The Balaban J connectivity index is 1.90. The normalized spacial score (nSPS) is 16.0. The lowest BCUT2D eigenvalue weighted by atomic mass is 9.96. The van der Waals surface area contributed by atoms with E-state index in [1.54, 1.807) is 12.1 Å². The molecule has 0 atom stereocenters. The number of ether oxygens (including phenoxy) is 1. The van der Waals surface area contributed by atoms with Gasteiger partial charge in [-0.1, -0.05) is 6.07 Å². The maximum atomic E-state index is 11.9. The van der Waals surface area contributed by atoms with Crippen molar-refractivity contribution in [3.63, 3.8) is 0 Å². The van der Waals surface area contributed by atoms with Gasteiger partial charge in [-0.05, 0) is 37.0 Å². The van der Waals surface area contributed by atoms with Crippen LogP contribution in [-0.2, 0) is 9.53 Å². The average Bonchev–Trinajstić information content (AvgIpc) is 2.40. The molecule has 1 amide bonds. The number of nitrogens with one attached hydrogen (secondary N) is 1. The molecule has 0 saturated carbocycles. The van der Waals surface area contributed by atoms with Crippen LogP contribution in [-0.4, -0.2) is 30.2 Å². The Morgan fingerprint density at radius 1 is 1.32 bits per heavy atom. The molecule has 1 saturated heterocycles. The van der Waals surface area contributed by atoms with Crippen LogP contribution in [0.25, 0.3) is 0 Å². The Hall–Kier alpha value is -1.88. The Morgan fingerprint density at radius 2 is 2.05 bits per heavy atom. The van der Waals surface area contributed by atoms with E-state index >= 15 is 0 Å². The Morgan fingerprint density at radius 3 is 2.74 bits per heavy atom. The third kappa shape index (κ3) is 4.06. The van der Waals surface area contributed by atoms with Crippen LogP contribution in [0.4, 0.5) is 5.69 Å². The van der Waals surface area contributed by atoms with Crippen LogP contribution < -0.4 is 5.32 Å². The second kappa shape index (κ2) is 6.33. The highest BCUT2D eigenvalue weighted by molar-refractivity contribution is 5.93. The maximum absolute atomic E-state index is 11.9. The van der Waals surface area contributed by atoms with Gasteiger partial charge in [0, 0.05) is 25.3 Å². The molecule has 0 aliphatic carbocycles. The fourth-order valence-electron chi connectivity index (χ4n) is 2.15. The number of anilines is 1. The summed E-state index contributed by atoms with van der Waals surface area (Å²) in [7, 11) is 0. The van der Waals surface area contributed by atoms with Crippen LogP contribution >= 0.6 is 0 Å². The first-order valence-electron chi connectivity index (χ1n) is 6.36. The molecule has 1 heterocycles. The molecule has 102 valence electrons. The maximum Gasteiger partial charge on any atom is 0.335 e. The molecule has 0 aromatic heterocycles. The van der Waals surface area contributed by atoms with Crippen LogP contribution in [0.2, 0.25) is 0 Å². The molecule has 1 aromatic carbocycles. The molecule has 0 bridgehead atoms. The van der Waals surface area contributed by atoms with Gasteiger partial charge in [-0.15, -0.1) is 0 Å². The Labute approximate surface area is 111 Å². The predicted molar refractivity (Wildman–Crippen MR) is 70.2 cm³/mol. The lowest BCUT2D eigenvalue weighted by Crippen LogP contribution is -2.22. The van der Waals surface area contributed by atoms with Crippen molar-refractivity contribution < 1.29 is 19.4 Å². The molecule has 1 aromatic rings. The second-order valence-electron chi connectivity index (χ2n) is 4.69. The van der Waals surface area contributed by atoms with Crippen molar-refractivity contribution in [2.75, 3.05) is 18.5 Å². The minimum atomic E-state index is -1.000. The summed E-state index contributed by atoms with van der Waals surface area (Å²) in [6.07, 6.45) is 2.27. The molecule has 0 unspecified atom stereocenters. The number of carboxylic acids is 1. The summed E-state index contributed by atoms with van der Waals surface area (Å²) in [6.45, 7) is 1.43. The van der Waals surface area contributed by atoms with Crippen molar-refractivity contribution in [2.45, 2.75) is 19.3 Å². The Bertz CT molecular complexity index is 466. The van der Waals surface area contributed by atoms with E-state index < -0.39 is 5.97 Å². The summed E-state index contributed by atoms with van der Waals surface area (Å²) in [5.41, 5.74) is 0.695. The fourth-order valence-corrected chi connectivity index (χ4v) is 2.15. The van der Waals surface area contributed by atoms with Crippen LogP contribution in [0, 0.1) is 5.92 Å². The minimum absolute atomic E-state index is 0.0746. The lowest BCUT2D eigenvalue weighted by molar-refractivity contribution is -0.117. The van der Waals surface area contributed by atoms with Gasteiger partial charge in [-0.3, -0.25) is 4.79 Å². The van der Waals surface area contributed by atoms with Crippen molar-refractivity contribution in [3.8, 4) is 0 Å². The van der Waals surface area contributed by atoms with Crippen LogP contribution in [0.3, 0.4) is 0 Å². The summed E-state index contributed by atoms with van der Waals surface area (Å²) < 4.78 is 5.24. The number of hydrogen-bond donors (Lipinski definition) is 2. The van der Waals surface area contributed by atoms with Crippen LogP contribution in [0.5, 0.6) is 0 Å². The Kier molecular flexibility index (Phi) is 4.52. The smallest absolute Gasteiger partial charge is 0.335 e. The van der Waals surface area contributed by atoms with Gasteiger partial charge in [-0.25, -0.2) is 4.79 Å². The number of amides is 1. The van der Waals surface area contributed by atoms with Gasteiger partial charge in [0.25, 0.3) is 0 Å². The first kappa shape index (κ1) is 13.5. The highest BCUT2D eigenvalue weighted by atomic mass is 16.5. The zero-order chi connectivity index (χ0) is 13.7. The van der Waals surface area contributed by atoms with Crippen molar-refractivity contribution >= 4 is 17.6 Å². The van der Waals surface area contributed by atoms with E-state index in [-0.39, 0.29) is 11.5 Å². The minimum Gasteiger partial charge on any atom is -0.478 e. The largest absolute Gasteiger partial charge is 0.478 e. The number of carbonyl (C=O) groups excluding carboxylic acids is 1. The second-order valence-corrected chi connectivity index (χ2v) is 4.69. The zero-order valence-electron chi connectivity index (χ0n) is 10.6. The zero-order valence-corrected chi connectivity index (χ0v) is 10.6. The number of carbonyl (C=O) groups is 2. The number of benzene rings is 1. The third-order valence-corrected chi connectivity index (χ3v) is 3.21. The molecule has 0 spiro atoms. The fraction of sp³-hybridized carbons (Fsp3) is 0.429. The molecule has 1 aliphatic rings. The van der Waals surface area contributed by atoms with E-state index in [4.69, 9.17) is 9.84 Å². The number of aromatic carboxylic acids is 1. The molecule has 5 heteroatoms. The quantitative estimate of drug-likeness (QED) is 0.872. The topological polar surface area (TPSA) is 75.6 Å². The molecule has 0 radical (unpaired) electrons. The molecule has 1 aliphatic heterocycles. The standard InChI is InChI=1S/C14H17NO4/c16-13(8-10-4-6-19-7-5-10)15-12-3-1-2-11(9-12)14(17)18/h1-3,9-10H,4-8H2,(H,15,16)(H,17,18). The summed E-state index contributed by atoms with van der Waals surface area (Å²) in [5, 5.41) is 11.6. The van der Waals surface area contributed by atoms with E-state index in [2.05, 4.69) is 5.32 Å². The molecule has 19 heavy (non-hydrogen) atoms. The summed E-state index contributed by atoms with van der Waals surface area (Å²) in [6, 6.07) is 6.27. The summed E-state index contributed by atoms with van der Waals surface area (Å²) in [5.74, 6) is -0.716. The van der Waals surface area contributed by atoms with Gasteiger partial charge in [0.1, 0.15) is 0 Å². The molecular weight excluding hydrogens is 246 g/mol. The van der Waals surface area contributed by atoms with Gasteiger partial charge >= 0.3 is 5.97 Å². The summed E-state index contributed by atoms with van der Waals surface area (Å²) in [4.78, 5) is 22.7. The number of hydrogen-bond acceptors (Lipinski definition) is 3. The average molecular weight is 263 g/mol. The van der Waals surface area contributed by atoms with E-state index in [0.717, 1.165) is 12.8 Å². The first-order valence-corrected chi connectivity index (χ1v) is 6.36. The van der Waals surface area contributed by atoms with Crippen molar-refractivity contribution in [2.24, 2.45) is 5.92 Å². The van der Waals surface area contributed by atoms with E-state index in [0.29, 0.717) is 31.2 Å². The SMILES string of the molecule is O=C(CC1CCOCC1)Nc1cccc(C(=O)O)c1. The van der Waals surface area contributed by atoms with Crippen molar-refractivity contribution in [1.82, 2.24) is 0 Å². The van der Waals surface area contributed by atoms with E-state index in [9.17, 15) is 9.59 Å². The number of rotatable bonds is 4. The highest BCUT2D eigenvalue weighted by Gasteiger charge is 2.17. The van der Waals surface area contributed by atoms with E-state index in [1.807, 2.05) is 0 Å². The molecule has 2 rings (SSSR count). The van der Waals surface area contributed by atoms with Crippen LogP contribution in [0.1, 0.15) is 29.6 Å². The molecule has 5 nitrogen and oxygen atoms in total. The van der Waals surface area contributed by atoms with Gasteiger partial charge in [-0.2, -0.15) is 0 Å². The molecular formula is C14H17NO4.